The summed E-state index contributed by atoms with van der Waals surface area (Å²) in [7, 11) is -4.00. The number of rotatable bonds is 14. The van der Waals surface area contributed by atoms with Crippen LogP contribution < -0.4 is 9.62 Å². The third kappa shape index (κ3) is 10.6. The van der Waals surface area contributed by atoms with Crippen molar-refractivity contribution >= 4 is 50.7 Å². The summed E-state index contributed by atoms with van der Waals surface area (Å²) in [5.41, 5.74) is 0.200. The number of carbonyl (C=O) groups is 2. The van der Waals surface area contributed by atoms with Gasteiger partial charge in [-0.3, -0.25) is 13.9 Å². The maximum absolute atomic E-state index is 13.9. The van der Waals surface area contributed by atoms with Crippen LogP contribution in [0.2, 0.25) is 10.0 Å². The summed E-state index contributed by atoms with van der Waals surface area (Å²) >= 11 is 12.5. The van der Waals surface area contributed by atoms with E-state index in [1.165, 1.54) is 17.0 Å². The first-order valence-corrected chi connectivity index (χ1v) is 16.9. The molecule has 2 amide bonds. The van der Waals surface area contributed by atoms with E-state index in [-0.39, 0.29) is 50.0 Å². The largest absolute Gasteiger partial charge is 0.416 e. The Balaban J connectivity index is 1.93. The molecular weight excluding hydrogens is 650 g/mol. The zero-order valence-electron chi connectivity index (χ0n) is 25.2. The first-order chi connectivity index (χ1) is 21.1. The molecule has 0 heterocycles. The molecule has 3 rings (SSSR count). The smallest absolute Gasteiger partial charge is 0.352 e. The third-order valence-corrected chi connectivity index (χ3v) is 9.02. The lowest BCUT2D eigenvalue weighted by Gasteiger charge is -2.33. The molecule has 0 spiro atoms. The fourth-order valence-corrected chi connectivity index (χ4v) is 6.10. The number of hydrogen-bond donors (Lipinski definition) is 1. The Bertz CT molecular complexity index is 1570. The number of nitrogens with zero attached hydrogens (tertiary/aromatic N) is 2. The van der Waals surface area contributed by atoms with Gasteiger partial charge in [0.05, 0.1) is 17.5 Å². The summed E-state index contributed by atoms with van der Waals surface area (Å²) in [6.07, 6.45) is -3.14. The Hall–Kier alpha value is -3.28. The van der Waals surface area contributed by atoms with Gasteiger partial charge in [-0.25, -0.2) is 8.42 Å². The van der Waals surface area contributed by atoms with Gasteiger partial charge in [0.1, 0.15) is 6.04 Å². The number of alkyl halides is 3. The number of carbonyl (C=O) groups excluding carboxylic acids is 2. The van der Waals surface area contributed by atoms with Crippen molar-refractivity contribution in [2.45, 2.75) is 64.3 Å². The van der Waals surface area contributed by atoms with Crippen molar-refractivity contribution in [3.63, 3.8) is 0 Å². The van der Waals surface area contributed by atoms with E-state index in [1.54, 1.807) is 12.1 Å². The van der Waals surface area contributed by atoms with Crippen molar-refractivity contribution in [2.24, 2.45) is 0 Å². The van der Waals surface area contributed by atoms with E-state index >= 15 is 0 Å². The van der Waals surface area contributed by atoms with Gasteiger partial charge in [0.2, 0.25) is 21.8 Å². The van der Waals surface area contributed by atoms with Crippen molar-refractivity contribution < 1.29 is 31.2 Å². The number of benzene rings is 3. The summed E-state index contributed by atoms with van der Waals surface area (Å²) < 4.78 is 66.1. The Morgan fingerprint density at radius 1 is 0.978 bits per heavy atom. The maximum Gasteiger partial charge on any atom is 0.416 e. The predicted octanol–water partition coefficient (Wildman–Crippen LogP) is 7.11. The number of nitrogens with one attached hydrogen (secondary N) is 1. The van der Waals surface area contributed by atoms with E-state index in [0.717, 1.165) is 34.3 Å². The zero-order valence-corrected chi connectivity index (χ0v) is 27.5. The molecule has 0 bridgehead atoms. The molecule has 0 aliphatic carbocycles. The molecule has 0 aromatic heterocycles. The molecule has 2 atom stereocenters. The van der Waals surface area contributed by atoms with E-state index in [0.29, 0.717) is 22.0 Å². The second-order valence-corrected chi connectivity index (χ2v) is 13.5. The van der Waals surface area contributed by atoms with Crippen molar-refractivity contribution in [1.82, 2.24) is 10.2 Å². The topological polar surface area (TPSA) is 86.8 Å². The van der Waals surface area contributed by atoms with Crippen molar-refractivity contribution in [2.75, 3.05) is 17.1 Å². The van der Waals surface area contributed by atoms with Crippen molar-refractivity contribution in [1.29, 1.82) is 0 Å². The van der Waals surface area contributed by atoms with E-state index in [1.807, 2.05) is 44.2 Å². The molecule has 1 N–H and O–H groups in total. The van der Waals surface area contributed by atoms with E-state index in [4.69, 9.17) is 23.2 Å². The van der Waals surface area contributed by atoms with Gasteiger partial charge in [-0.1, -0.05) is 72.6 Å². The van der Waals surface area contributed by atoms with Gasteiger partial charge in [0.15, 0.2) is 0 Å². The molecule has 13 heteroatoms. The Morgan fingerprint density at radius 3 is 2.27 bits per heavy atom. The maximum atomic E-state index is 13.9. The van der Waals surface area contributed by atoms with Crippen LogP contribution in [0.1, 0.15) is 49.8 Å². The minimum absolute atomic E-state index is 0.0297. The van der Waals surface area contributed by atoms with Crippen LogP contribution in [0.5, 0.6) is 0 Å². The minimum atomic E-state index is -4.66. The number of halogens is 5. The van der Waals surface area contributed by atoms with Crippen molar-refractivity contribution in [3.8, 4) is 0 Å². The number of anilines is 1. The average molecular weight is 687 g/mol. The zero-order chi connectivity index (χ0) is 33.4. The van der Waals surface area contributed by atoms with Crippen LogP contribution in [-0.4, -0.2) is 50.0 Å². The summed E-state index contributed by atoms with van der Waals surface area (Å²) in [6.45, 7) is 3.48. The molecule has 3 aromatic rings. The SMILES string of the molecule is CC[C@@H](C)NC(=O)[C@H](Cc1ccccc1)N(Cc1ccc(Cl)cc1Cl)C(=O)CCCN(c1cccc(C(F)(F)F)c1)S(C)(=O)=O. The second kappa shape index (κ2) is 15.8. The summed E-state index contributed by atoms with van der Waals surface area (Å²) in [4.78, 5) is 29.0. The first kappa shape index (κ1) is 36.2. The highest BCUT2D eigenvalue weighted by Crippen LogP contribution is 2.32. The molecular formula is C32H36Cl2F3N3O4S. The molecule has 0 aliphatic rings. The van der Waals surface area contributed by atoms with Crippen LogP contribution in [-0.2, 0) is 38.8 Å². The van der Waals surface area contributed by atoms with Gasteiger partial charge in [-0.15, -0.1) is 0 Å². The number of sulfonamides is 1. The van der Waals surface area contributed by atoms with Gasteiger partial charge in [0, 0.05) is 42.0 Å². The second-order valence-electron chi connectivity index (χ2n) is 10.8. The molecule has 7 nitrogen and oxygen atoms in total. The lowest BCUT2D eigenvalue weighted by Crippen LogP contribution is -2.52. The molecule has 45 heavy (non-hydrogen) atoms. The average Bonchev–Trinajstić information content (AvgIpc) is 2.97. The molecule has 0 saturated carbocycles. The fourth-order valence-electron chi connectivity index (χ4n) is 4.67. The fraction of sp³-hybridized carbons (Fsp3) is 0.375. The monoisotopic (exact) mass is 685 g/mol. The van der Waals surface area contributed by atoms with Crippen LogP contribution in [0, 0.1) is 0 Å². The summed E-state index contributed by atoms with van der Waals surface area (Å²) in [5.74, 6) is -0.827. The highest BCUT2D eigenvalue weighted by molar-refractivity contribution is 7.92. The lowest BCUT2D eigenvalue weighted by atomic mass is 10.0. The molecule has 0 unspecified atom stereocenters. The Kier molecular flexibility index (Phi) is 12.7. The van der Waals surface area contributed by atoms with Gasteiger partial charge < -0.3 is 10.2 Å². The molecule has 0 fully saturated rings. The molecule has 0 radical (unpaired) electrons. The van der Waals surface area contributed by atoms with Crippen LogP contribution >= 0.6 is 23.2 Å². The Labute approximate surface area is 272 Å². The van der Waals surface area contributed by atoms with Crippen molar-refractivity contribution in [3.05, 3.63) is 99.5 Å². The molecule has 0 saturated heterocycles. The van der Waals surface area contributed by atoms with E-state index in [9.17, 15) is 31.2 Å². The quantitative estimate of drug-likeness (QED) is 0.196. The predicted molar refractivity (Wildman–Crippen MR) is 172 cm³/mol. The van der Waals surface area contributed by atoms with Crippen LogP contribution in [0.3, 0.4) is 0 Å². The molecule has 244 valence electrons. The summed E-state index contributed by atoms with van der Waals surface area (Å²) in [5, 5.41) is 3.66. The third-order valence-electron chi connectivity index (χ3n) is 7.24. The van der Waals surface area contributed by atoms with Gasteiger partial charge in [-0.2, -0.15) is 13.2 Å². The van der Waals surface area contributed by atoms with Crippen LogP contribution in [0.25, 0.3) is 0 Å². The first-order valence-electron chi connectivity index (χ1n) is 14.3. The van der Waals surface area contributed by atoms with Crippen LogP contribution in [0.15, 0.2) is 72.8 Å². The standard InChI is InChI=1S/C32H36Cl2F3N3O4S/c1-4-22(2)38-31(42)29(18-23-10-6-5-7-11-23)39(21-24-15-16-26(33)20-28(24)34)30(41)14-9-17-40(45(3,43)44)27-13-8-12-25(19-27)32(35,36)37/h5-8,10-13,15-16,19-20,22,29H,4,9,14,17-18,21H2,1-3H3,(H,38,42)/t22-,29+/m1/s1. The molecule has 0 aliphatic heterocycles. The highest BCUT2D eigenvalue weighted by Gasteiger charge is 2.33. The summed E-state index contributed by atoms with van der Waals surface area (Å²) in [6, 6.07) is 16.9. The van der Waals surface area contributed by atoms with Gasteiger partial charge >= 0.3 is 6.18 Å². The highest BCUT2D eigenvalue weighted by atomic mass is 35.5. The van der Waals surface area contributed by atoms with Crippen LogP contribution in [0.4, 0.5) is 18.9 Å². The van der Waals surface area contributed by atoms with Gasteiger partial charge in [-0.05, 0) is 61.2 Å². The van der Waals surface area contributed by atoms with E-state index in [2.05, 4.69) is 5.32 Å². The minimum Gasteiger partial charge on any atom is -0.352 e. The normalized spacial score (nSPS) is 13.2. The van der Waals surface area contributed by atoms with E-state index < -0.39 is 33.7 Å². The van der Waals surface area contributed by atoms with Gasteiger partial charge in [0.25, 0.3) is 0 Å². The number of hydrogen-bond acceptors (Lipinski definition) is 4. The molecule has 3 aromatic carbocycles. The number of amides is 2. The lowest BCUT2D eigenvalue weighted by molar-refractivity contribution is -0.141. The Morgan fingerprint density at radius 2 is 1.67 bits per heavy atom.